The quantitative estimate of drug-likeness (QED) is 0.615. The molecule has 0 aliphatic carbocycles. The number of nitrogens with two attached hydrogens (primary N) is 1. The van der Waals surface area contributed by atoms with E-state index in [1.54, 1.807) is 12.5 Å². The minimum absolute atomic E-state index is 0.566. The van der Waals surface area contributed by atoms with E-state index < -0.39 is 0 Å². The monoisotopic (exact) mass is 337 g/mol. The Morgan fingerprint density at radius 2 is 2.04 bits per heavy atom. The van der Waals surface area contributed by atoms with E-state index in [2.05, 4.69) is 32.1 Å². The molecule has 0 saturated carbocycles. The second-order valence-corrected chi connectivity index (χ2v) is 5.62. The zero-order valence-corrected chi connectivity index (χ0v) is 14.3. The van der Waals surface area contributed by atoms with Crippen LogP contribution in [0.15, 0.2) is 55.4 Å². The summed E-state index contributed by atoms with van der Waals surface area (Å²) in [5.41, 5.74) is 7.95. The second kappa shape index (κ2) is 8.14. The predicted molar refractivity (Wildman–Crippen MR) is 101 cm³/mol. The van der Waals surface area contributed by atoms with Gasteiger partial charge in [0.2, 0.25) is 0 Å². The molecule has 0 spiro atoms. The van der Waals surface area contributed by atoms with Crippen molar-refractivity contribution in [3.05, 3.63) is 55.4 Å². The number of imidazole rings is 1. The predicted octanol–water partition coefficient (Wildman–Crippen LogP) is 2.92. The SMILES string of the molecule is CCN(c1ccccc1)c1ncnc(NCCCn2ccnc2)c1N. The molecule has 2 heterocycles. The number of anilines is 4. The van der Waals surface area contributed by atoms with E-state index >= 15 is 0 Å². The highest BCUT2D eigenvalue weighted by molar-refractivity contribution is 5.79. The zero-order valence-electron chi connectivity index (χ0n) is 14.3. The van der Waals surface area contributed by atoms with E-state index in [1.807, 2.05) is 47.4 Å². The third kappa shape index (κ3) is 4.06. The summed E-state index contributed by atoms with van der Waals surface area (Å²) in [6, 6.07) is 10.1. The van der Waals surface area contributed by atoms with Gasteiger partial charge in [0.15, 0.2) is 11.6 Å². The number of rotatable bonds is 8. The van der Waals surface area contributed by atoms with Crippen LogP contribution in [0.5, 0.6) is 0 Å². The van der Waals surface area contributed by atoms with E-state index in [1.165, 1.54) is 0 Å². The fourth-order valence-electron chi connectivity index (χ4n) is 2.69. The van der Waals surface area contributed by atoms with Gasteiger partial charge in [-0.05, 0) is 25.5 Å². The highest BCUT2D eigenvalue weighted by Gasteiger charge is 2.15. The van der Waals surface area contributed by atoms with Crippen LogP contribution in [0, 0.1) is 0 Å². The van der Waals surface area contributed by atoms with Gasteiger partial charge in [-0.3, -0.25) is 0 Å². The molecule has 0 radical (unpaired) electrons. The standard InChI is InChI=1S/C18H23N7/c1-2-25(15-7-4-3-5-8-15)18-16(19)17(22-13-23-18)21-9-6-11-24-12-10-20-14-24/h3-5,7-8,10,12-14H,2,6,9,11,19H2,1H3,(H,21,22,23). The van der Waals surface area contributed by atoms with Crippen molar-refractivity contribution < 1.29 is 0 Å². The molecule has 0 aliphatic rings. The third-order valence-corrected chi connectivity index (χ3v) is 3.95. The van der Waals surface area contributed by atoms with E-state index in [9.17, 15) is 0 Å². The van der Waals surface area contributed by atoms with Gasteiger partial charge in [0.25, 0.3) is 0 Å². The highest BCUT2D eigenvalue weighted by Crippen LogP contribution is 2.31. The molecule has 7 heteroatoms. The summed E-state index contributed by atoms with van der Waals surface area (Å²) < 4.78 is 2.05. The summed E-state index contributed by atoms with van der Waals surface area (Å²) in [5.74, 6) is 1.39. The lowest BCUT2D eigenvalue weighted by atomic mass is 10.2. The molecule has 3 aromatic rings. The molecular weight excluding hydrogens is 314 g/mol. The summed E-state index contributed by atoms with van der Waals surface area (Å²) in [4.78, 5) is 14.8. The van der Waals surface area contributed by atoms with Crippen molar-refractivity contribution in [3.63, 3.8) is 0 Å². The molecule has 25 heavy (non-hydrogen) atoms. The van der Waals surface area contributed by atoms with E-state index in [0.717, 1.165) is 37.6 Å². The van der Waals surface area contributed by atoms with Crippen molar-refractivity contribution in [2.24, 2.45) is 0 Å². The Morgan fingerprint density at radius 1 is 1.20 bits per heavy atom. The van der Waals surface area contributed by atoms with Crippen molar-refractivity contribution in [2.45, 2.75) is 19.9 Å². The Morgan fingerprint density at radius 3 is 2.76 bits per heavy atom. The van der Waals surface area contributed by atoms with Crippen LogP contribution in [0.25, 0.3) is 0 Å². The van der Waals surface area contributed by atoms with Crippen molar-refractivity contribution >= 4 is 23.0 Å². The van der Waals surface area contributed by atoms with Gasteiger partial charge in [-0.25, -0.2) is 15.0 Å². The van der Waals surface area contributed by atoms with E-state index in [0.29, 0.717) is 11.5 Å². The van der Waals surface area contributed by atoms with Crippen LogP contribution in [-0.2, 0) is 6.54 Å². The average molecular weight is 337 g/mol. The molecule has 0 amide bonds. The number of nitrogen functional groups attached to an aromatic ring is 1. The minimum atomic E-state index is 0.566. The van der Waals surface area contributed by atoms with Crippen LogP contribution in [0.4, 0.5) is 23.0 Å². The first kappa shape index (κ1) is 16.8. The van der Waals surface area contributed by atoms with Crippen molar-refractivity contribution in [1.82, 2.24) is 19.5 Å². The first-order chi connectivity index (χ1) is 12.3. The van der Waals surface area contributed by atoms with E-state index in [4.69, 9.17) is 5.73 Å². The van der Waals surface area contributed by atoms with Gasteiger partial charge in [0.05, 0.1) is 6.33 Å². The van der Waals surface area contributed by atoms with Gasteiger partial charge in [0.1, 0.15) is 12.0 Å². The molecule has 2 aromatic heterocycles. The van der Waals surface area contributed by atoms with Crippen LogP contribution in [0.1, 0.15) is 13.3 Å². The van der Waals surface area contributed by atoms with Gasteiger partial charge in [-0.1, -0.05) is 18.2 Å². The van der Waals surface area contributed by atoms with Crippen LogP contribution < -0.4 is 16.0 Å². The number of aryl methyl sites for hydroxylation is 1. The van der Waals surface area contributed by atoms with Gasteiger partial charge >= 0.3 is 0 Å². The Hall–Kier alpha value is -3.09. The summed E-state index contributed by atoms with van der Waals surface area (Å²) in [5, 5.41) is 3.31. The lowest BCUT2D eigenvalue weighted by Gasteiger charge is -2.24. The number of benzene rings is 1. The summed E-state index contributed by atoms with van der Waals surface area (Å²) in [7, 11) is 0. The number of aromatic nitrogens is 4. The number of hydrogen-bond acceptors (Lipinski definition) is 6. The maximum atomic E-state index is 6.33. The molecule has 0 aliphatic heterocycles. The lowest BCUT2D eigenvalue weighted by molar-refractivity contribution is 0.660. The molecule has 0 atom stereocenters. The Bertz CT molecular complexity index is 771. The van der Waals surface area contributed by atoms with Gasteiger partial charge < -0.3 is 20.5 Å². The molecule has 1 aromatic carbocycles. The normalized spacial score (nSPS) is 10.6. The van der Waals surface area contributed by atoms with Crippen molar-refractivity contribution in [1.29, 1.82) is 0 Å². The summed E-state index contributed by atoms with van der Waals surface area (Å²) >= 11 is 0. The molecule has 3 N–H and O–H groups in total. The average Bonchev–Trinajstić information content (AvgIpc) is 3.16. The molecule has 7 nitrogen and oxygen atoms in total. The topological polar surface area (TPSA) is 84.9 Å². The molecule has 0 unspecified atom stereocenters. The van der Waals surface area contributed by atoms with Crippen LogP contribution in [-0.4, -0.2) is 32.6 Å². The second-order valence-electron chi connectivity index (χ2n) is 5.62. The highest BCUT2D eigenvalue weighted by atomic mass is 15.2. The smallest absolute Gasteiger partial charge is 0.161 e. The summed E-state index contributed by atoms with van der Waals surface area (Å²) in [6.07, 6.45) is 8.05. The molecule has 3 rings (SSSR count). The maximum Gasteiger partial charge on any atom is 0.161 e. The fourth-order valence-corrected chi connectivity index (χ4v) is 2.69. The Balaban J connectivity index is 1.68. The van der Waals surface area contributed by atoms with E-state index in [-0.39, 0.29) is 0 Å². The van der Waals surface area contributed by atoms with Crippen molar-refractivity contribution in [2.75, 3.05) is 29.0 Å². The number of nitrogens with zero attached hydrogens (tertiary/aromatic N) is 5. The molecular formula is C18H23N7. The first-order valence-electron chi connectivity index (χ1n) is 8.42. The number of para-hydroxylation sites is 1. The third-order valence-electron chi connectivity index (χ3n) is 3.95. The molecule has 0 fully saturated rings. The minimum Gasteiger partial charge on any atom is -0.393 e. The maximum absolute atomic E-state index is 6.33. The van der Waals surface area contributed by atoms with Crippen LogP contribution in [0.2, 0.25) is 0 Å². The lowest BCUT2D eigenvalue weighted by Crippen LogP contribution is -2.20. The summed E-state index contributed by atoms with van der Waals surface area (Å²) in [6.45, 7) is 4.52. The van der Waals surface area contributed by atoms with Gasteiger partial charge in [0, 0.05) is 37.7 Å². The van der Waals surface area contributed by atoms with Crippen LogP contribution >= 0.6 is 0 Å². The fraction of sp³-hybridized carbons (Fsp3) is 0.278. The van der Waals surface area contributed by atoms with Gasteiger partial charge in [-0.2, -0.15) is 0 Å². The largest absolute Gasteiger partial charge is 0.393 e. The molecule has 130 valence electrons. The molecule has 0 saturated heterocycles. The zero-order chi connectivity index (χ0) is 17.5. The van der Waals surface area contributed by atoms with Crippen molar-refractivity contribution in [3.8, 4) is 0 Å². The number of nitrogens with one attached hydrogen (secondary N) is 1. The van der Waals surface area contributed by atoms with Crippen LogP contribution in [0.3, 0.4) is 0 Å². The van der Waals surface area contributed by atoms with Gasteiger partial charge in [-0.15, -0.1) is 0 Å². The molecule has 0 bridgehead atoms. The number of hydrogen-bond donors (Lipinski definition) is 2. The first-order valence-corrected chi connectivity index (χ1v) is 8.42. The Kier molecular flexibility index (Phi) is 5.46. The Labute approximate surface area is 147 Å².